The summed E-state index contributed by atoms with van der Waals surface area (Å²) >= 11 is 1.05. The third-order valence-electron chi connectivity index (χ3n) is 5.00. The number of carbonyl (C=O) groups is 6. The fourth-order valence-corrected chi connectivity index (χ4v) is 4.26. The Labute approximate surface area is 257 Å². The summed E-state index contributed by atoms with van der Waals surface area (Å²) in [6, 6.07) is 14.9. The van der Waals surface area contributed by atoms with Crippen LogP contribution >= 0.6 is 23.5 Å². The summed E-state index contributed by atoms with van der Waals surface area (Å²) in [4.78, 5) is 74.4. The fourth-order valence-electron chi connectivity index (χ4n) is 2.93. The highest BCUT2D eigenvalue weighted by Crippen LogP contribution is 2.27. The van der Waals surface area contributed by atoms with Crippen LogP contribution in [0.2, 0.25) is 0 Å². The fraction of sp³-hybridized carbons (Fsp3) is 0.379. The molecule has 0 radical (unpaired) electrons. The molecule has 0 saturated carbocycles. The second-order valence-corrected chi connectivity index (χ2v) is 12.6. The van der Waals surface area contributed by atoms with E-state index in [1.54, 1.807) is 57.2 Å². The number of carbonyl (C=O) groups excluding carboxylic acids is 6. The van der Waals surface area contributed by atoms with Crippen molar-refractivity contribution in [1.29, 1.82) is 0 Å². The van der Waals surface area contributed by atoms with Crippen molar-refractivity contribution in [2.45, 2.75) is 51.0 Å². The highest BCUT2D eigenvalue weighted by atomic mass is 32.2. The van der Waals surface area contributed by atoms with E-state index in [9.17, 15) is 28.8 Å². The maximum Gasteiger partial charge on any atom is 0.371 e. The SMILES string of the molecule is CC(C)(C)OC(=O)[C@H](CSC(=O)OCOC(=O)c1ccccc1)NC(=O)C(C)(C)SC(=O)OCOC(=O)c1ccccc1. The van der Waals surface area contributed by atoms with E-state index >= 15 is 0 Å². The van der Waals surface area contributed by atoms with Crippen LogP contribution in [0, 0.1) is 0 Å². The first kappa shape index (κ1) is 35.2. The van der Waals surface area contributed by atoms with Crippen LogP contribution in [-0.2, 0) is 33.3 Å². The Morgan fingerprint density at radius 2 is 1.16 bits per heavy atom. The molecule has 0 fully saturated rings. The normalized spacial score (nSPS) is 11.8. The predicted molar refractivity (Wildman–Crippen MR) is 158 cm³/mol. The van der Waals surface area contributed by atoms with Crippen LogP contribution in [0.25, 0.3) is 0 Å². The lowest BCUT2D eigenvalue weighted by molar-refractivity contribution is -0.158. The van der Waals surface area contributed by atoms with Crippen LogP contribution in [0.1, 0.15) is 55.3 Å². The zero-order valence-electron chi connectivity index (χ0n) is 24.3. The molecule has 2 aromatic carbocycles. The largest absolute Gasteiger partial charge is 0.458 e. The summed E-state index contributed by atoms with van der Waals surface area (Å²) in [5.41, 5.74) is -0.354. The maximum atomic E-state index is 13.1. The van der Waals surface area contributed by atoms with Crippen LogP contribution in [-0.4, -0.2) is 70.1 Å². The summed E-state index contributed by atoms with van der Waals surface area (Å²) in [6.45, 7) is 6.40. The highest BCUT2D eigenvalue weighted by Gasteiger charge is 2.37. The standard InChI is InChI=1S/C29H33NO11S2/c1-28(2,3)41-24(33)21(16-42-26(35)39-17-37-22(31)19-12-8-6-9-13-19)30-25(34)29(4,5)43-27(36)40-18-38-23(32)20-14-10-7-11-15-20/h6-15,21H,16-18H2,1-5H3,(H,30,34)/t21-/m0/s1. The monoisotopic (exact) mass is 635 g/mol. The van der Waals surface area contributed by atoms with E-state index in [0.717, 1.165) is 0 Å². The summed E-state index contributed by atoms with van der Waals surface area (Å²) in [5, 5.41) is 0.716. The first-order valence-corrected chi connectivity index (χ1v) is 14.6. The molecule has 0 unspecified atom stereocenters. The zero-order chi connectivity index (χ0) is 32.0. The second kappa shape index (κ2) is 16.6. The number of benzene rings is 2. The molecule has 0 aromatic heterocycles. The van der Waals surface area contributed by atoms with Crippen molar-refractivity contribution in [2.24, 2.45) is 0 Å². The highest BCUT2D eigenvalue weighted by molar-refractivity contribution is 8.15. The van der Waals surface area contributed by atoms with Gasteiger partial charge in [-0.15, -0.1) is 0 Å². The number of amides is 1. The predicted octanol–water partition coefficient (Wildman–Crippen LogP) is 4.96. The van der Waals surface area contributed by atoms with Gasteiger partial charge in [0.1, 0.15) is 11.6 Å². The topological polar surface area (TPSA) is 161 Å². The number of hydrogen-bond acceptors (Lipinski definition) is 13. The molecule has 14 heteroatoms. The van der Waals surface area contributed by atoms with Crippen LogP contribution in [0.4, 0.5) is 9.59 Å². The average Bonchev–Trinajstić information content (AvgIpc) is 2.94. The summed E-state index contributed by atoms with van der Waals surface area (Å²) in [6.07, 6.45) is 0. The van der Waals surface area contributed by atoms with E-state index in [0.29, 0.717) is 23.5 Å². The van der Waals surface area contributed by atoms with Crippen LogP contribution < -0.4 is 5.32 Å². The lowest BCUT2D eigenvalue weighted by Crippen LogP contribution is -2.51. The molecule has 43 heavy (non-hydrogen) atoms. The third-order valence-corrected chi connectivity index (χ3v) is 6.84. The first-order valence-electron chi connectivity index (χ1n) is 12.8. The minimum Gasteiger partial charge on any atom is -0.458 e. The van der Waals surface area contributed by atoms with Gasteiger partial charge in [0.05, 0.1) is 15.9 Å². The molecule has 0 aliphatic rings. The lowest BCUT2D eigenvalue weighted by atomic mass is 10.1. The van der Waals surface area contributed by atoms with Crippen molar-refractivity contribution in [1.82, 2.24) is 5.32 Å². The van der Waals surface area contributed by atoms with Crippen molar-refractivity contribution < 1.29 is 52.5 Å². The minimum atomic E-state index is -1.45. The van der Waals surface area contributed by atoms with Crippen molar-refractivity contribution >= 4 is 57.9 Å². The van der Waals surface area contributed by atoms with E-state index < -0.39 is 64.4 Å². The molecule has 2 aromatic rings. The van der Waals surface area contributed by atoms with Gasteiger partial charge in [0.25, 0.3) is 0 Å². The molecule has 0 spiro atoms. The molecule has 0 aliphatic heterocycles. The Morgan fingerprint density at radius 3 is 1.63 bits per heavy atom. The molecule has 1 N–H and O–H groups in total. The van der Waals surface area contributed by atoms with Crippen LogP contribution in [0.3, 0.4) is 0 Å². The van der Waals surface area contributed by atoms with Gasteiger partial charge in [-0.3, -0.25) is 4.79 Å². The van der Waals surface area contributed by atoms with Gasteiger partial charge < -0.3 is 29.0 Å². The number of esters is 3. The van der Waals surface area contributed by atoms with Gasteiger partial charge in [-0.25, -0.2) is 24.0 Å². The molecular formula is C29H33NO11S2. The average molecular weight is 636 g/mol. The molecule has 0 aliphatic carbocycles. The van der Waals surface area contributed by atoms with Gasteiger partial charge in [-0.2, -0.15) is 0 Å². The molecule has 1 atom stereocenters. The number of nitrogens with one attached hydrogen (secondary N) is 1. The van der Waals surface area contributed by atoms with Gasteiger partial charge in [-0.1, -0.05) is 36.4 Å². The molecule has 0 heterocycles. The maximum absolute atomic E-state index is 13.1. The van der Waals surface area contributed by atoms with Crippen molar-refractivity contribution in [3.63, 3.8) is 0 Å². The third kappa shape index (κ3) is 13.2. The number of rotatable bonds is 12. The molecule has 0 bridgehead atoms. The quantitative estimate of drug-likeness (QED) is 0.189. The summed E-state index contributed by atoms with van der Waals surface area (Å²) in [5.74, 6) is -3.23. The van der Waals surface area contributed by atoms with Crippen LogP contribution in [0.15, 0.2) is 60.7 Å². The molecule has 12 nitrogen and oxygen atoms in total. The van der Waals surface area contributed by atoms with Gasteiger partial charge >= 0.3 is 28.5 Å². The van der Waals surface area contributed by atoms with Gasteiger partial charge in [0.15, 0.2) is 0 Å². The van der Waals surface area contributed by atoms with Gasteiger partial charge in [-0.05, 0) is 82.4 Å². The van der Waals surface area contributed by atoms with E-state index in [2.05, 4.69) is 5.32 Å². The van der Waals surface area contributed by atoms with Gasteiger partial charge in [0, 0.05) is 5.75 Å². The Morgan fingerprint density at radius 1 is 0.698 bits per heavy atom. The Bertz CT molecular complexity index is 1280. The Hall–Kier alpha value is -4.04. The second-order valence-electron chi connectivity index (χ2n) is 10.1. The minimum absolute atomic E-state index is 0.272. The summed E-state index contributed by atoms with van der Waals surface area (Å²) < 4.78 is 23.5. The molecule has 0 saturated heterocycles. The smallest absolute Gasteiger partial charge is 0.371 e. The van der Waals surface area contributed by atoms with Crippen molar-refractivity contribution in [3.05, 3.63) is 71.8 Å². The van der Waals surface area contributed by atoms with E-state index in [1.165, 1.54) is 38.1 Å². The molecule has 2 rings (SSSR count). The van der Waals surface area contributed by atoms with Crippen molar-refractivity contribution in [2.75, 3.05) is 19.3 Å². The zero-order valence-corrected chi connectivity index (χ0v) is 25.9. The molecule has 232 valence electrons. The molecular weight excluding hydrogens is 602 g/mol. The van der Waals surface area contributed by atoms with Crippen LogP contribution in [0.5, 0.6) is 0 Å². The van der Waals surface area contributed by atoms with Gasteiger partial charge in [0.2, 0.25) is 19.5 Å². The van der Waals surface area contributed by atoms with Crippen molar-refractivity contribution in [3.8, 4) is 0 Å². The molecule has 1 amide bonds. The first-order chi connectivity index (χ1) is 20.2. The summed E-state index contributed by atoms with van der Waals surface area (Å²) in [7, 11) is 0. The van der Waals surface area contributed by atoms with E-state index in [4.69, 9.17) is 23.7 Å². The number of thioether (sulfide) groups is 2. The lowest BCUT2D eigenvalue weighted by Gasteiger charge is -2.27. The number of hydrogen-bond donors (Lipinski definition) is 1. The Kier molecular flexibility index (Phi) is 13.5. The Balaban J connectivity index is 1.89. The number of ether oxygens (including phenoxy) is 5. The van der Waals surface area contributed by atoms with E-state index in [1.807, 2.05) is 0 Å². The van der Waals surface area contributed by atoms with E-state index in [-0.39, 0.29) is 16.9 Å².